The molecule has 0 aromatic carbocycles. The first-order valence-corrected chi connectivity index (χ1v) is 28.0. The van der Waals surface area contributed by atoms with Crippen LogP contribution in [0, 0.1) is 0 Å². The Morgan fingerprint density at radius 2 is 0.435 bits per heavy atom. The van der Waals surface area contributed by atoms with Gasteiger partial charge in [-0.05, 0) is 19.3 Å². The van der Waals surface area contributed by atoms with Crippen LogP contribution in [0.4, 0.5) is 0 Å². The first-order valence-electron chi connectivity index (χ1n) is 28.0. The second-order valence-corrected chi connectivity index (χ2v) is 19.2. The number of hydrogen-bond acceptors (Lipinski definition) is 6. The van der Waals surface area contributed by atoms with Gasteiger partial charge in [0.1, 0.15) is 13.2 Å². The molecule has 368 valence electrons. The minimum Gasteiger partial charge on any atom is -0.462 e. The van der Waals surface area contributed by atoms with Gasteiger partial charge in [-0.1, -0.05) is 284 Å². The average Bonchev–Trinajstić information content (AvgIpc) is 3.27. The Kier molecular flexibility index (Phi) is 50.7. The summed E-state index contributed by atoms with van der Waals surface area (Å²) in [4.78, 5) is 37.7. The highest BCUT2D eigenvalue weighted by Gasteiger charge is 2.19. The van der Waals surface area contributed by atoms with Crippen molar-refractivity contribution in [3.8, 4) is 0 Å². The molecular formula is C56H108O6. The molecule has 0 fully saturated rings. The predicted molar refractivity (Wildman–Crippen MR) is 266 cm³/mol. The van der Waals surface area contributed by atoms with E-state index in [4.69, 9.17) is 14.2 Å². The Labute approximate surface area is 387 Å². The lowest BCUT2D eigenvalue weighted by Gasteiger charge is -2.18. The maximum absolute atomic E-state index is 12.8. The molecular weight excluding hydrogens is 769 g/mol. The summed E-state index contributed by atoms with van der Waals surface area (Å²) in [5.41, 5.74) is 0. The third-order valence-electron chi connectivity index (χ3n) is 12.9. The molecule has 1 unspecified atom stereocenters. The van der Waals surface area contributed by atoms with Gasteiger partial charge in [0, 0.05) is 19.3 Å². The van der Waals surface area contributed by atoms with Gasteiger partial charge in [0.05, 0.1) is 0 Å². The summed E-state index contributed by atoms with van der Waals surface area (Å²) in [6.45, 7) is 6.62. The van der Waals surface area contributed by atoms with Crippen LogP contribution in [0.3, 0.4) is 0 Å². The van der Waals surface area contributed by atoms with E-state index in [0.29, 0.717) is 19.3 Å². The lowest BCUT2D eigenvalue weighted by Crippen LogP contribution is -2.30. The Balaban J connectivity index is 4.04. The summed E-state index contributed by atoms with van der Waals surface area (Å²) in [7, 11) is 0. The van der Waals surface area contributed by atoms with Crippen LogP contribution in [0.15, 0.2) is 0 Å². The van der Waals surface area contributed by atoms with Crippen LogP contribution in [0.2, 0.25) is 0 Å². The van der Waals surface area contributed by atoms with Crippen molar-refractivity contribution in [3.63, 3.8) is 0 Å². The lowest BCUT2D eigenvalue weighted by molar-refractivity contribution is -0.167. The lowest BCUT2D eigenvalue weighted by atomic mass is 10.0. The molecule has 0 bridgehead atoms. The fraction of sp³-hybridized carbons (Fsp3) is 0.946. The molecule has 0 saturated carbocycles. The predicted octanol–water partition coefficient (Wildman–Crippen LogP) is 18.4. The molecule has 0 saturated heterocycles. The molecule has 0 radical (unpaired) electrons. The van der Waals surface area contributed by atoms with Gasteiger partial charge in [-0.15, -0.1) is 0 Å². The van der Waals surface area contributed by atoms with E-state index >= 15 is 0 Å². The molecule has 0 spiro atoms. The Hall–Kier alpha value is -1.59. The first kappa shape index (κ1) is 60.4. The van der Waals surface area contributed by atoms with E-state index in [9.17, 15) is 14.4 Å². The minimum absolute atomic E-state index is 0.0628. The second kappa shape index (κ2) is 52.0. The van der Waals surface area contributed by atoms with Gasteiger partial charge in [-0.3, -0.25) is 14.4 Å². The van der Waals surface area contributed by atoms with Crippen molar-refractivity contribution in [2.45, 2.75) is 329 Å². The number of carbonyl (C=O) groups excluding carboxylic acids is 3. The number of unbranched alkanes of at least 4 members (excludes halogenated alkanes) is 41. The van der Waals surface area contributed by atoms with E-state index in [2.05, 4.69) is 20.8 Å². The Bertz CT molecular complexity index is 920. The maximum Gasteiger partial charge on any atom is 0.306 e. The van der Waals surface area contributed by atoms with Crippen molar-refractivity contribution in [3.05, 3.63) is 0 Å². The first-order chi connectivity index (χ1) is 30.5. The molecule has 0 aromatic rings. The summed E-state index contributed by atoms with van der Waals surface area (Å²) in [5.74, 6) is -0.853. The largest absolute Gasteiger partial charge is 0.462 e. The zero-order chi connectivity index (χ0) is 45.1. The van der Waals surface area contributed by atoms with E-state index in [-0.39, 0.29) is 31.1 Å². The standard InChI is InChI=1S/C56H108O6/c1-4-7-10-13-15-17-19-21-23-25-27-29-30-32-34-36-38-40-43-46-49-55(58)61-52-53(51-60-54(57)48-45-42-12-9-6-3)62-56(59)50-47-44-41-39-37-35-33-31-28-26-24-22-20-18-16-14-11-8-5-2/h53H,4-52H2,1-3H3. The van der Waals surface area contributed by atoms with E-state index < -0.39 is 6.10 Å². The molecule has 1 atom stereocenters. The molecule has 6 heteroatoms. The van der Waals surface area contributed by atoms with Gasteiger partial charge in [0.15, 0.2) is 6.10 Å². The van der Waals surface area contributed by atoms with Crippen LogP contribution in [0.5, 0.6) is 0 Å². The molecule has 0 aromatic heterocycles. The zero-order valence-corrected chi connectivity index (χ0v) is 42.2. The van der Waals surface area contributed by atoms with Crippen molar-refractivity contribution in [1.29, 1.82) is 0 Å². The highest BCUT2D eigenvalue weighted by atomic mass is 16.6. The molecule has 0 aliphatic rings. The van der Waals surface area contributed by atoms with Crippen LogP contribution < -0.4 is 0 Å². The second-order valence-electron chi connectivity index (χ2n) is 19.2. The maximum atomic E-state index is 12.8. The van der Waals surface area contributed by atoms with E-state index in [1.807, 2.05) is 0 Å². The number of rotatable bonds is 52. The molecule has 62 heavy (non-hydrogen) atoms. The van der Waals surface area contributed by atoms with Crippen LogP contribution in [-0.4, -0.2) is 37.2 Å². The van der Waals surface area contributed by atoms with E-state index in [0.717, 1.165) is 64.2 Å². The summed E-state index contributed by atoms with van der Waals surface area (Å²) >= 11 is 0. The van der Waals surface area contributed by atoms with Crippen LogP contribution >= 0.6 is 0 Å². The number of hydrogen-bond donors (Lipinski definition) is 0. The minimum atomic E-state index is -0.759. The quantitative estimate of drug-likeness (QED) is 0.0344. The van der Waals surface area contributed by atoms with Crippen molar-refractivity contribution in [2.75, 3.05) is 13.2 Å². The van der Waals surface area contributed by atoms with Crippen molar-refractivity contribution >= 4 is 17.9 Å². The van der Waals surface area contributed by atoms with Gasteiger partial charge in [-0.25, -0.2) is 0 Å². The molecule has 0 aliphatic carbocycles. The fourth-order valence-corrected chi connectivity index (χ4v) is 8.62. The van der Waals surface area contributed by atoms with Crippen molar-refractivity contribution in [1.82, 2.24) is 0 Å². The monoisotopic (exact) mass is 877 g/mol. The summed E-state index contributed by atoms with van der Waals surface area (Å²) in [5, 5.41) is 0. The van der Waals surface area contributed by atoms with Crippen molar-refractivity contribution in [2.24, 2.45) is 0 Å². The smallest absolute Gasteiger partial charge is 0.306 e. The highest BCUT2D eigenvalue weighted by molar-refractivity contribution is 5.71. The third kappa shape index (κ3) is 49.4. The average molecular weight is 877 g/mol. The fourth-order valence-electron chi connectivity index (χ4n) is 8.62. The third-order valence-corrected chi connectivity index (χ3v) is 12.9. The number of ether oxygens (including phenoxy) is 3. The van der Waals surface area contributed by atoms with E-state index in [1.54, 1.807) is 0 Å². The Morgan fingerprint density at radius 3 is 0.645 bits per heavy atom. The summed E-state index contributed by atoms with van der Waals surface area (Å²) in [6, 6.07) is 0. The highest BCUT2D eigenvalue weighted by Crippen LogP contribution is 2.18. The summed E-state index contributed by atoms with van der Waals surface area (Å²) in [6.07, 6.45) is 57.1. The van der Waals surface area contributed by atoms with Crippen molar-refractivity contribution < 1.29 is 28.6 Å². The van der Waals surface area contributed by atoms with E-state index in [1.165, 1.54) is 218 Å². The van der Waals surface area contributed by atoms with Crippen LogP contribution in [0.25, 0.3) is 0 Å². The normalized spacial score (nSPS) is 11.9. The molecule has 0 rings (SSSR count). The Morgan fingerprint density at radius 1 is 0.258 bits per heavy atom. The van der Waals surface area contributed by atoms with Crippen LogP contribution in [0.1, 0.15) is 323 Å². The molecule has 0 amide bonds. The van der Waals surface area contributed by atoms with Gasteiger partial charge < -0.3 is 14.2 Å². The SMILES string of the molecule is CCCCCCCCCCCCCCCCCCCCCCC(=O)OCC(COC(=O)CCCCCCC)OC(=O)CCCCCCCCCCCCCCCCCCCCC. The molecule has 0 heterocycles. The number of esters is 3. The molecule has 0 aliphatic heterocycles. The zero-order valence-electron chi connectivity index (χ0n) is 42.2. The van der Waals surface area contributed by atoms with Gasteiger partial charge in [-0.2, -0.15) is 0 Å². The number of carbonyl (C=O) groups is 3. The van der Waals surface area contributed by atoms with Gasteiger partial charge in [0.2, 0.25) is 0 Å². The summed E-state index contributed by atoms with van der Waals surface area (Å²) < 4.78 is 16.7. The topological polar surface area (TPSA) is 78.9 Å². The van der Waals surface area contributed by atoms with Crippen LogP contribution in [-0.2, 0) is 28.6 Å². The molecule has 0 N–H and O–H groups in total. The van der Waals surface area contributed by atoms with Gasteiger partial charge in [0.25, 0.3) is 0 Å². The molecule has 6 nitrogen and oxygen atoms in total. The van der Waals surface area contributed by atoms with Gasteiger partial charge >= 0.3 is 17.9 Å².